The van der Waals surface area contributed by atoms with Crippen molar-refractivity contribution in [1.29, 1.82) is 0 Å². The van der Waals surface area contributed by atoms with Crippen LogP contribution in [0.1, 0.15) is 79.0 Å². The van der Waals surface area contributed by atoms with Crippen LogP contribution in [-0.2, 0) is 16.2 Å². The van der Waals surface area contributed by atoms with Crippen molar-refractivity contribution in [3.63, 3.8) is 0 Å². The fourth-order valence-corrected chi connectivity index (χ4v) is 9.17. The van der Waals surface area contributed by atoms with Gasteiger partial charge in [0.1, 0.15) is 24.0 Å². The van der Waals surface area contributed by atoms with E-state index in [4.69, 9.17) is 9.72 Å². The van der Waals surface area contributed by atoms with E-state index in [1.54, 1.807) is 0 Å². The van der Waals surface area contributed by atoms with Gasteiger partial charge in [0, 0.05) is 40.5 Å². The molecule has 1 aliphatic rings. The molecular formula is C60H58N4O. The molecule has 5 nitrogen and oxygen atoms in total. The van der Waals surface area contributed by atoms with Crippen molar-refractivity contribution in [2.24, 2.45) is 0 Å². The van der Waals surface area contributed by atoms with E-state index in [1.165, 1.54) is 50.3 Å². The molecule has 0 atom stereocenters. The summed E-state index contributed by atoms with van der Waals surface area (Å²) in [5.41, 5.74) is 15.1. The summed E-state index contributed by atoms with van der Waals surface area (Å²) in [5.74, 6) is 2.42. The highest BCUT2D eigenvalue weighted by Crippen LogP contribution is 2.49. The normalized spacial score (nSPS) is 13.2. The Bertz CT molecular complexity index is 3220. The van der Waals surface area contributed by atoms with E-state index in [2.05, 4.69) is 247 Å². The smallest absolute Gasteiger partial charge is 0.137 e. The molecule has 2 aromatic heterocycles. The van der Waals surface area contributed by atoms with Crippen LogP contribution >= 0.6 is 0 Å². The summed E-state index contributed by atoms with van der Waals surface area (Å²) in [4.78, 5) is 9.87. The summed E-state index contributed by atoms with van der Waals surface area (Å²) in [6.45, 7) is 21.2. The molecule has 1 aliphatic heterocycles. The second-order valence-electron chi connectivity index (χ2n) is 20.7. The number of nitrogens with zero attached hydrogens (tertiary/aromatic N) is 4. The average Bonchev–Trinajstić information content (AvgIpc) is 3.84. The van der Waals surface area contributed by atoms with Crippen LogP contribution < -0.4 is 14.5 Å². The Labute approximate surface area is 384 Å². The third-order valence-corrected chi connectivity index (χ3v) is 12.9. The van der Waals surface area contributed by atoms with Gasteiger partial charge in [-0.3, -0.25) is 4.57 Å². The number of anilines is 4. The molecule has 65 heavy (non-hydrogen) atoms. The van der Waals surface area contributed by atoms with Crippen LogP contribution in [0, 0.1) is 0 Å². The molecule has 3 heterocycles. The van der Waals surface area contributed by atoms with E-state index in [0.29, 0.717) is 6.67 Å². The quantitative estimate of drug-likeness (QED) is 0.160. The molecule has 0 fully saturated rings. The zero-order chi connectivity index (χ0) is 45.3. The van der Waals surface area contributed by atoms with Crippen LogP contribution in [0.4, 0.5) is 22.7 Å². The summed E-state index contributed by atoms with van der Waals surface area (Å²) in [6.07, 6.45) is 1.93. The van der Waals surface area contributed by atoms with Crippen molar-refractivity contribution in [3.05, 3.63) is 193 Å². The summed E-state index contributed by atoms with van der Waals surface area (Å²) >= 11 is 0. The second-order valence-corrected chi connectivity index (χ2v) is 20.7. The molecule has 9 aromatic rings. The van der Waals surface area contributed by atoms with Gasteiger partial charge in [-0.05, 0) is 122 Å². The number of rotatable bonds is 7. The predicted molar refractivity (Wildman–Crippen MR) is 274 cm³/mol. The van der Waals surface area contributed by atoms with Crippen LogP contribution in [0.25, 0.3) is 49.9 Å². The Morgan fingerprint density at radius 2 is 1.00 bits per heavy atom. The SMILES string of the molecule is CC(C)(C)c1cc(-c2ccccc2)cc(N2CN(c3cc(Oc4ccc5c6ccccc6n(-c6cc(C(C)(C)C)ccn6)c5c4)cc(-c4ccccc4)c3)c3cc(C(C)(C)C)ccc32)c1. The number of ether oxygens (including phenoxy) is 1. The van der Waals surface area contributed by atoms with E-state index in [9.17, 15) is 0 Å². The van der Waals surface area contributed by atoms with E-state index in [0.717, 1.165) is 50.6 Å². The van der Waals surface area contributed by atoms with Crippen LogP contribution in [-0.4, -0.2) is 16.2 Å². The lowest BCUT2D eigenvalue weighted by Crippen LogP contribution is -2.24. The maximum absolute atomic E-state index is 7.04. The van der Waals surface area contributed by atoms with Gasteiger partial charge in [0.2, 0.25) is 0 Å². The monoisotopic (exact) mass is 850 g/mol. The van der Waals surface area contributed by atoms with Crippen molar-refractivity contribution in [2.75, 3.05) is 16.5 Å². The average molecular weight is 851 g/mol. The van der Waals surface area contributed by atoms with Crippen LogP contribution in [0.5, 0.6) is 11.5 Å². The first-order chi connectivity index (χ1) is 31.1. The maximum Gasteiger partial charge on any atom is 0.137 e. The summed E-state index contributed by atoms with van der Waals surface area (Å²) < 4.78 is 9.31. The first-order valence-electron chi connectivity index (χ1n) is 22.9. The molecular weight excluding hydrogens is 793 g/mol. The molecule has 7 aromatic carbocycles. The van der Waals surface area contributed by atoms with Gasteiger partial charge in [0.05, 0.1) is 22.4 Å². The van der Waals surface area contributed by atoms with Crippen molar-refractivity contribution in [2.45, 2.75) is 78.6 Å². The van der Waals surface area contributed by atoms with E-state index in [-0.39, 0.29) is 16.2 Å². The highest BCUT2D eigenvalue weighted by molar-refractivity contribution is 6.09. The summed E-state index contributed by atoms with van der Waals surface area (Å²) in [5, 5.41) is 2.34. The molecule has 0 amide bonds. The highest BCUT2D eigenvalue weighted by Gasteiger charge is 2.32. The first kappa shape index (κ1) is 41.9. The van der Waals surface area contributed by atoms with Gasteiger partial charge >= 0.3 is 0 Å². The highest BCUT2D eigenvalue weighted by atomic mass is 16.5. The lowest BCUT2D eigenvalue weighted by Gasteiger charge is -2.27. The van der Waals surface area contributed by atoms with Gasteiger partial charge in [0.15, 0.2) is 0 Å². The van der Waals surface area contributed by atoms with Gasteiger partial charge in [-0.2, -0.15) is 0 Å². The van der Waals surface area contributed by atoms with Crippen LogP contribution in [0.2, 0.25) is 0 Å². The number of aromatic nitrogens is 2. The van der Waals surface area contributed by atoms with E-state index >= 15 is 0 Å². The molecule has 0 unspecified atom stereocenters. The number of pyridine rings is 1. The molecule has 0 radical (unpaired) electrons. The van der Waals surface area contributed by atoms with E-state index in [1.807, 2.05) is 6.20 Å². The zero-order valence-corrected chi connectivity index (χ0v) is 39.1. The van der Waals surface area contributed by atoms with Gasteiger partial charge in [-0.15, -0.1) is 0 Å². The Morgan fingerprint density at radius 1 is 0.415 bits per heavy atom. The Kier molecular flexibility index (Phi) is 10.2. The minimum atomic E-state index is -0.0432. The fraction of sp³-hybridized carbons (Fsp3) is 0.217. The third kappa shape index (κ3) is 8.05. The Balaban J connectivity index is 1.11. The molecule has 0 saturated carbocycles. The predicted octanol–water partition coefficient (Wildman–Crippen LogP) is 16.4. The van der Waals surface area contributed by atoms with Crippen molar-refractivity contribution >= 4 is 44.6 Å². The fourth-order valence-electron chi connectivity index (χ4n) is 9.17. The van der Waals surface area contributed by atoms with E-state index < -0.39 is 0 Å². The number of hydrogen-bond donors (Lipinski definition) is 0. The van der Waals surface area contributed by atoms with Gasteiger partial charge in [-0.25, -0.2) is 4.98 Å². The van der Waals surface area contributed by atoms with Crippen molar-refractivity contribution < 1.29 is 4.74 Å². The van der Waals surface area contributed by atoms with Crippen molar-refractivity contribution in [1.82, 2.24) is 9.55 Å². The second kappa shape index (κ2) is 15.8. The number of para-hydroxylation sites is 1. The Hall–Kier alpha value is -7.11. The molecule has 0 aliphatic carbocycles. The van der Waals surface area contributed by atoms with Gasteiger partial charge < -0.3 is 14.5 Å². The summed E-state index contributed by atoms with van der Waals surface area (Å²) in [7, 11) is 0. The molecule has 0 N–H and O–H groups in total. The standard InChI is InChI=1S/C60H58N4O/c1-58(2,3)44-24-27-54-56(35-44)63(39-62(54)47-31-42(40-18-12-10-13-19-40)30-46(34-47)60(7,8)9)48-32-43(41-20-14-11-15-21-41)33-50(37-48)65-49-25-26-52-51-22-16-17-23-53(51)64(55(52)38-49)57-36-45(28-29-61-57)59(4,5)6/h10-38H,39H2,1-9H3. The minimum absolute atomic E-state index is 0.0189. The van der Waals surface area contributed by atoms with Crippen LogP contribution in [0.3, 0.4) is 0 Å². The molecule has 5 heteroatoms. The molecule has 10 rings (SSSR count). The first-order valence-corrected chi connectivity index (χ1v) is 22.9. The minimum Gasteiger partial charge on any atom is -0.457 e. The molecule has 0 spiro atoms. The third-order valence-electron chi connectivity index (χ3n) is 12.9. The Morgan fingerprint density at radius 3 is 1.68 bits per heavy atom. The summed E-state index contributed by atoms with van der Waals surface area (Å²) in [6, 6.07) is 61.6. The largest absolute Gasteiger partial charge is 0.457 e. The molecule has 0 bridgehead atoms. The lowest BCUT2D eigenvalue weighted by atomic mass is 9.84. The number of benzene rings is 7. The van der Waals surface area contributed by atoms with Crippen molar-refractivity contribution in [3.8, 4) is 39.6 Å². The molecule has 324 valence electrons. The zero-order valence-electron chi connectivity index (χ0n) is 39.1. The maximum atomic E-state index is 7.04. The number of fused-ring (bicyclic) bond motifs is 4. The molecule has 0 saturated heterocycles. The number of hydrogen-bond acceptors (Lipinski definition) is 4. The lowest BCUT2D eigenvalue weighted by molar-refractivity contribution is 0.483. The van der Waals surface area contributed by atoms with Gasteiger partial charge in [0.25, 0.3) is 0 Å². The van der Waals surface area contributed by atoms with Crippen LogP contribution in [0.15, 0.2) is 176 Å². The van der Waals surface area contributed by atoms with Gasteiger partial charge in [-0.1, -0.05) is 153 Å². The topological polar surface area (TPSA) is 33.5 Å².